The molecule has 20 heavy (non-hydrogen) atoms. The Morgan fingerprint density at radius 3 is 2.45 bits per heavy atom. The van der Waals surface area contributed by atoms with Crippen LogP contribution >= 0.6 is 0 Å². The summed E-state index contributed by atoms with van der Waals surface area (Å²) >= 11 is 0. The summed E-state index contributed by atoms with van der Waals surface area (Å²) in [6, 6.07) is 7.87. The summed E-state index contributed by atoms with van der Waals surface area (Å²) in [4.78, 5) is 16.5. The van der Waals surface area contributed by atoms with Gasteiger partial charge in [0.1, 0.15) is 0 Å². The summed E-state index contributed by atoms with van der Waals surface area (Å²) in [5.74, 6) is 0. The van der Waals surface area contributed by atoms with Gasteiger partial charge in [-0.3, -0.25) is 0 Å². The molecule has 2 aliphatic rings. The fourth-order valence-corrected chi connectivity index (χ4v) is 2.81. The third-order valence-electron chi connectivity index (χ3n) is 4.36. The number of benzene rings is 1. The van der Waals surface area contributed by atoms with Crippen LogP contribution in [0.2, 0.25) is 0 Å². The molecule has 0 aromatic heterocycles. The van der Waals surface area contributed by atoms with Gasteiger partial charge in [0.2, 0.25) is 0 Å². The number of hydrogen-bond donors (Lipinski definition) is 2. The van der Waals surface area contributed by atoms with Crippen molar-refractivity contribution in [2.24, 2.45) is 0 Å². The second kappa shape index (κ2) is 4.98. The molecule has 2 amide bonds. The number of para-hydroxylation sites is 1. The number of piperazine rings is 1. The fourth-order valence-electron chi connectivity index (χ4n) is 2.81. The van der Waals surface area contributed by atoms with Crippen molar-refractivity contribution in [3.05, 3.63) is 29.8 Å². The maximum Gasteiger partial charge on any atom is 0.318 e. The number of carbonyl (C=O) groups excluding carboxylic acids is 1. The number of nitrogens with one attached hydrogen (secondary N) is 1. The van der Waals surface area contributed by atoms with E-state index in [2.05, 4.69) is 17.3 Å². The van der Waals surface area contributed by atoms with E-state index < -0.39 is 0 Å². The van der Waals surface area contributed by atoms with Crippen LogP contribution in [0.5, 0.6) is 0 Å². The van der Waals surface area contributed by atoms with Gasteiger partial charge in [0.15, 0.2) is 0 Å². The highest BCUT2D eigenvalue weighted by Gasteiger charge is 2.47. The topological polar surface area (TPSA) is 61.6 Å². The van der Waals surface area contributed by atoms with Crippen LogP contribution in [-0.4, -0.2) is 49.1 Å². The molecule has 1 heterocycles. The lowest BCUT2D eigenvalue weighted by atomic mass is 10.0. The summed E-state index contributed by atoms with van der Waals surface area (Å²) in [5, 5.41) is 3.20. The van der Waals surface area contributed by atoms with Gasteiger partial charge in [-0.1, -0.05) is 18.2 Å². The summed E-state index contributed by atoms with van der Waals surface area (Å²) in [6.45, 7) is 3.47. The Kier molecular flexibility index (Phi) is 3.30. The first-order valence-electron chi connectivity index (χ1n) is 7.21. The Labute approximate surface area is 119 Å². The maximum atomic E-state index is 12.4. The molecule has 0 bridgehead atoms. The van der Waals surface area contributed by atoms with E-state index in [-0.39, 0.29) is 11.6 Å². The minimum atomic E-state index is -0.230. The molecule has 0 spiro atoms. The minimum absolute atomic E-state index is 0.0406. The molecular formula is C15H22N4O. The van der Waals surface area contributed by atoms with E-state index in [9.17, 15) is 4.79 Å². The van der Waals surface area contributed by atoms with Gasteiger partial charge < -0.3 is 20.9 Å². The van der Waals surface area contributed by atoms with Gasteiger partial charge in [-0.25, -0.2) is 4.79 Å². The Morgan fingerprint density at radius 1 is 1.20 bits per heavy atom. The zero-order valence-corrected chi connectivity index (χ0v) is 11.9. The predicted octanol–water partition coefficient (Wildman–Crippen LogP) is 1.21. The van der Waals surface area contributed by atoms with Crippen molar-refractivity contribution in [1.82, 2.24) is 15.1 Å². The van der Waals surface area contributed by atoms with E-state index in [4.69, 9.17) is 5.73 Å². The van der Waals surface area contributed by atoms with Gasteiger partial charge in [0.25, 0.3) is 0 Å². The van der Waals surface area contributed by atoms with Gasteiger partial charge in [-0.15, -0.1) is 0 Å². The van der Waals surface area contributed by atoms with Gasteiger partial charge in [-0.05, 0) is 26.0 Å². The molecule has 2 fully saturated rings. The maximum absolute atomic E-state index is 12.4. The number of rotatable bonds is 2. The molecule has 108 valence electrons. The van der Waals surface area contributed by atoms with E-state index >= 15 is 0 Å². The number of nitrogen functional groups attached to an aromatic ring is 1. The Morgan fingerprint density at radius 2 is 1.85 bits per heavy atom. The van der Waals surface area contributed by atoms with Gasteiger partial charge in [-0.2, -0.15) is 0 Å². The molecule has 0 radical (unpaired) electrons. The Balaban J connectivity index is 1.68. The SMILES string of the molecule is CN1CCN(C(=O)NC2(c3ccccc3N)CC2)CC1. The molecule has 1 aromatic carbocycles. The second-order valence-corrected chi connectivity index (χ2v) is 5.89. The number of amides is 2. The summed E-state index contributed by atoms with van der Waals surface area (Å²) in [6.07, 6.45) is 1.95. The highest BCUT2D eigenvalue weighted by Crippen LogP contribution is 2.47. The summed E-state index contributed by atoms with van der Waals surface area (Å²) in [7, 11) is 2.09. The first-order chi connectivity index (χ1) is 9.61. The summed E-state index contributed by atoms with van der Waals surface area (Å²) < 4.78 is 0. The molecule has 5 nitrogen and oxygen atoms in total. The van der Waals surface area contributed by atoms with Crippen LogP contribution in [0.1, 0.15) is 18.4 Å². The quantitative estimate of drug-likeness (QED) is 0.797. The van der Waals surface area contributed by atoms with Crippen molar-refractivity contribution in [2.75, 3.05) is 39.0 Å². The fraction of sp³-hybridized carbons (Fsp3) is 0.533. The Bertz CT molecular complexity index is 504. The molecule has 3 rings (SSSR count). The number of likely N-dealkylation sites (N-methyl/N-ethyl adjacent to an activating group) is 1. The van der Waals surface area contributed by atoms with Crippen molar-refractivity contribution in [1.29, 1.82) is 0 Å². The predicted molar refractivity (Wildman–Crippen MR) is 79.4 cm³/mol. The lowest BCUT2D eigenvalue weighted by Crippen LogP contribution is -2.52. The van der Waals surface area contributed by atoms with Gasteiger partial charge >= 0.3 is 6.03 Å². The number of nitrogens with two attached hydrogens (primary N) is 1. The molecule has 1 saturated heterocycles. The van der Waals surface area contributed by atoms with Crippen LogP contribution in [0.3, 0.4) is 0 Å². The molecule has 3 N–H and O–H groups in total. The van der Waals surface area contributed by atoms with E-state index in [1.807, 2.05) is 29.2 Å². The molecule has 0 unspecified atom stereocenters. The van der Waals surface area contributed by atoms with Crippen LogP contribution in [0.4, 0.5) is 10.5 Å². The molecule has 1 aliphatic heterocycles. The van der Waals surface area contributed by atoms with Gasteiger partial charge in [0, 0.05) is 37.4 Å². The van der Waals surface area contributed by atoms with Crippen molar-refractivity contribution in [3.63, 3.8) is 0 Å². The third-order valence-corrected chi connectivity index (χ3v) is 4.36. The van der Waals surface area contributed by atoms with Crippen LogP contribution < -0.4 is 11.1 Å². The number of anilines is 1. The first kappa shape index (κ1) is 13.2. The molecule has 1 aromatic rings. The molecule has 5 heteroatoms. The van der Waals surface area contributed by atoms with E-state index in [1.54, 1.807) is 0 Å². The van der Waals surface area contributed by atoms with E-state index in [0.717, 1.165) is 50.3 Å². The zero-order chi connectivity index (χ0) is 14.2. The average molecular weight is 274 g/mol. The number of nitrogens with zero attached hydrogens (tertiary/aromatic N) is 2. The molecule has 1 aliphatic carbocycles. The summed E-state index contributed by atoms with van der Waals surface area (Å²) in [5.41, 5.74) is 7.64. The number of urea groups is 1. The lowest BCUT2D eigenvalue weighted by Gasteiger charge is -2.34. The lowest BCUT2D eigenvalue weighted by molar-refractivity contribution is 0.150. The molecule has 1 saturated carbocycles. The zero-order valence-electron chi connectivity index (χ0n) is 11.9. The molecule has 0 atom stereocenters. The average Bonchev–Trinajstić information content (AvgIpc) is 3.20. The highest BCUT2D eigenvalue weighted by atomic mass is 16.2. The number of hydrogen-bond acceptors (Lipinski definition) is 3. The van der Waals surface area contributed by atoms with Crippen LogP contribution in [-0.2, 0) is 5.54 Å². The van der Waals surface area contributed by atoms with Crippen LogP contribution in [0.25, 0.3) is 0 Å². The van der Waals surface area contributed by atoms with Crippen molar-refractivity contribution in [2.45, 2.75) is 18.4 Å². The largest absolute Gasteiger partial charge is 0.398 e. The first-order valence-corrected chi connectivity index (χ1v) is 7.21. The van der Waals surface area contributed by atoms with Gasteiger partial charge in [0.05, 0.1) is 5.54 Å². The highest BCUT2D eigenvalue weighted by molar-refractivity contribution is 5.76. The number of carbonyl (C=O) groups is 1. The van der Waals surface area contributed by atoms with Crippen molar-refractivity contribution >= 4 is 11.7 Å². The second-order valence-electron chi connectivity index (χ2n) is 5.89. The van der Waals surface area contributed by atoms with Crippen LogP contribution in [0.15, 0.2) is 24.3 Å². The smallest absolute Gasteiger partial charge is 0.318 e. The van der Waals surface area contributed by atoms with Crippen molar-refractivity contribution < 1.29 is 4.79 Å². The van der Waals surface area contributed by atoms with Crippen molar-refractivity contribution in [3.8, 4) is 0 Å². The minimum Gasteiger partial charge on any atom is -0.398 e. The normalized spacial score (nSPS) is 21.6. The van der Waals surface area contributed by atoms with Crippen LogP contribution in [0, 0.1) is 0 Å². The standard InChI is InChI=1S/C15H22N4O/c1-18-8-10-19(11-9-18)14(20)17-15(6-7-15)12-4-2-3-5-13(12)16/h2-5H,6-11,16H2,1H3,(H,17,20). The monoisotopic (exact) mass is 274 g/mol. The molecular weight excluding hydrogens is 252 g/mol. The van der Waals surface area contributed by atoms with E-state index in [0.29, 0.717) is 0 Å². The third kappa shape index (κ3) is 2.45. The van der Waals surface area contributed by atoms with E-state index in [1.165, 1.54) is 0 Å². The Hall–Kier alpha value is -1.75.